The average Bonchev–Trinajstić information content (AvgIpc) is 2.92. The van der Waals surface area contributed by atoms with Gasteiger partial charge < -0.3 is 4.98 Å². The second kappa shape index (κ2) is 5.15. The lowest BCUT2D eigenvalue weighted by atomic mass is 10.0. The van der Waals surface area contributed by atoms with Gasteiger partial charge in [-0.25, -0.2) is 4.39 Å². The fraction of sp³-hybridized carbons (Fsp3) is 0. The summed E-state index contributed by atoms with van der Waals surface area (Å²) in [5.74, 6) is -0.791. The second-order valence-corrected chi connectivity index (χ2v) is 5.30. The van der Waals surface area contributed by atoms with E-state index in [1.807, 2.05) is 6.07 Å². The molecule has 0 fully saturated rings. The Hall–Kier alpha value is -2.45. The van der Waals surface area contributed by atoms with Crippen LogP contribution in [0.4, 0.5) is 4.39 Å². The smallest absolute Gasteiger partial charge is 0.196 e. The molecule has 0 bridgehead atoms. The van der Waals surface area contributed by atoms with Gasteiger partial charge in [0, 0.05) is 28.2 Å². The molecule has 3 aromatic rings. The van der Waals surface area contributed by atoms with Crippen LogP contribution >= 0.6 is 15.9 Å². The topological polar surface area (TPSA) is 56.6 Å². The number of nitrogens with one attached hydrogen (secondary N) is 1. The zero-order valence-corrected chi connectivity index (χ0v) is 12.2. The molecule has 3 rings (SSSR count). The largest absolute Gasteiger partial charge is 0.360 e. The minimum absolute atomic E-state index is 0.140. The van der Waals surface area contributed by atoms with E-state index in [4.69, 9.17) is 5.26 Å². The third-order valence-corrected chi connectivity index (χ3v) is 4.06. The van der Waals surface area contributed by atoms with Gasteiger partial charge in [-0.2, -0.15) is 5.26 Å². The van der Waals surface area contributed by atoms with Crippen molar-refractivity contribution in [2.45, 2.75) is 0 Å². The number of benzene rings is 2. The summed E-state index contributed by atoms with van der Waals surface area (Å²) >= 11 is 3.10. The summed E-state index contributed by atoms with van der Waals surface area (Å²) in [6, 6.07) is 11.4. The summed E-state index contributed by atoms with van der Waals surface area (Å²) in [6.07, 6.45) is 1.57. The summed E-state index contributed by atoms with van der Waals surface area (Å²) in [5.41, 5.74) is 1.88. The molecule has 1 heterocycles. The van der Waals surface area contributed by atoms with E-state index >= 15 is 0 Å². The van der Waals surface area contributed by atoms with Crippen molar-refractivity contribution >= 4 is 32.6 Å². The van der Waals surface area contributed by atoms with Gasteiger partial charge in [0.05, 0.1) is 16.1 Å². The van der Waals surface area contributed by atoms with Crippen LogP contribution in [0.1, 0.15) is 21.5 Å². The van der Waals surface area contributed by atoms with E-state index in [9.17, 15) is 9.18 Å². The number of rotatable bonds is 2. The maximum atomic E-state index is 13.6. The first-order valence-corrected chi connectivity index (χ1v) is 6.91. The Bertz CT molecular complexity index is 908. The average molecular weight is 343 g/mol. The molecule has 0 amide bonds. The number of nitrogens with zero attached hydrogens (tertiary/aromatic N) is 1. The van der Waals surface area contributed by atoms with Crippen LogP contribution in [-0.2, 0) is 0 Å². The van der Waals surface area contributed by atoms with Crippen molar-refractivity contribution in [3.05, 3.63) is 69.6 Å². The van der Waals surface area contributed by atoms with E-state index in [0.717, 1.165) is 5.52 Å². The van der Waals surface area contributed by atoms with Gasteiger partial charge in [0.2, 0.25) is 0 Å². The van der Waals surface area contributed by atoms with Crippen molar-refractivity contribution in [3.63, 3.8) is 0 Å². The number of carbonyl (C=O) groups is 1. The molecule has 2 aromatic carbocycles. The molecule has 0 spiro atoms. The zero-order chi connectivity index (χ0) is 15.0. The van der Waals surface area contributed by atoms with Crippen LogP contribution in [0.25, 0.3) is 10.9 Å². The Morgan fingerprint density at radius 1 is 1.24 bits per heavy atom. The van der Waals surface area contributed by atoms with Gasteiger partial charge in [-0.05, 0) is 46.3 Å². The first-order chi connectivity index (χ1) is 10.1. The number of H-pyrrole nitrogens is 1. The highest BCUT2D eigenvalue weighted by molar-refractivity contribution is 9.10. The maximum Gasteiger partial charge on any atom is 0.196 e. The van der Waals surface area contributed by atoms with Crippen LogP contribution in [-0.4, -0.2) is 10.8 Å². The molecule has 0 atom stereocenters. The molecule has 1 N–H and O–H groups in total. The zero-order valence-electron chi connectivity index (χ0n) is 10.7. The van der Waals surface area contributed by atoms with Crippen LogP contribution in [0.15, 0.2) is 47.1 Å². The predicted molar refractivity (Wildman–Crippen MR) is 80.5 cm³/mol. The van der Waals surface area contributed by atoms with E-state index in [0.29, 0.717) is 16.5 Å². The highest BCUT2D eigenvalue weighted by Crippen LogP contribution is 2.27. The lowest BCUT2D eigenvalue weighted by molar-refractivity contribution is 0.103. The Kier molecular flexibility index (Phi) is 3.32. The summed E-state index contributed by atoms with van der Waals surface area (Å²) < 4.78 is 13.7. The van der Waals surface area contributed by atoms with Crippen LogP contribution in [0.5, 0.6) is 0 Å². The van der Waals surface area contributed by atoms with Crippen molar-refractivity contribution in [1.29, 1.82) is 5.26 Å². The summed E-state index contributed by atoms with van der Waals surface area (Å²) in [7, 11) is 0. The van der Waals surface area contributed by atoms with E-state index in [2.05, 4.69) is 20.9 Å². The van der Waals surface area contributed by atoms with Crippen LogP contribution in [0, 0.1) is 17.1 Å². The molecule has 5 heteroatoms. The number of carbonyl (C=O) groups excluding carboxylic acids is 1. The Labute approximate surface area is 128 Å². The quantitative estimate of drug-likeness (QED) is 0.710. The minimum atomic E-state index is -0.488. The highest BCUT2D eigenvalue weighted by Gasteiger charge is 2.18. The first kappa shape index (κ1) is 13.5. The van der Waals surface area contributed by atoms with Crippen molar-refractivity contribution in [3.8, 4) is 6.07 Å². The van der Waals surface area contributed by atoms with Gasteiger partial charge in [-0.3, -0.25) is 4.79 Å². The third kappa shape index (κ3) is 2.24. The van der Waals surface area contributed by atoms with E-state index in [1.165, 1.54) is 12.1 Å². The van der Waals surface area contributed by atoms with Gasteiger partial charge in [0.25, 0.3) is 0 Å². The lowest BCUT2D eigenvalue weighted by Crippen LogP contribution is -2.02. The number of aromatic nitrogens is 1. The maximum absolute atomic E-state index is 13.6. The molecule has 0 aliphatic carbocycles. The molecule has 0 aliphatic heterocycles. The molecule has 1 aromatic heterocycles. The number of halogens is 2. The first-order valence-electron chi connectivity index (χ1n) is 6.12. The van der Waals surface area contributed by atoms with Crippen LogP contribution in [0.2, 0.25) is 0 Å². The van der Waals surface area contributed by atoms with Gasteiger partial charge in [0.1, 0.15) is 5.82 Å². The fourth-order valence-corrected chi connectivity index (χ4v) is 2.65. The molecule has 102 valence electrons. The van der Waals surface area contributed by atoms with Gasteiger partial charge in [0.15, 0.2) is 5.78 Å². The van der Waals surface area contributed by atoms with Gasteiger partial charge in [-0.1, -0.05) is 6.07 Å². The lowest BCUT2D eigenvalue weighted by Gasteiger charge is -2.04. The van der Waals surface area contributed by atoms with E-state index < -0.39 is 5.82 Å². The van der Waals surface area contributed by atoms with E-state index in [-0.39, 0.29) is 15.8 Å². The number of hydrogen-bond donors (Lipinski definition) is 1. The van der Waals surface area contributed by atoms with Gasteiger partial charge >= 0.3 is 0 Å². The van der Waals surface area contributed by atoms with Crippen molar-refractivity contribution in [2.24, 2.45) is 0 Å². The molecule has 0 aliphatic rings. The fourth-order valence-electron chi connectivity index (χ4n) is 2.20. The molecule has 3 nitrogen and oxygen atoms in total. The number of fused-ring (bicyclic) bond motifs is 1. The van der Waals surface area contributed by atoms with Crippen molar-refractivity contribution in [2.75, 3.05) is 0 Å². The number of hydrogen-bond acceptors (Lipinski definition) is 2. The normalized spacial score (nSPS) is 10.5. The van der Waals surface area contributed by atoms with E-state index in [1.54, 1.807) is 30.5 Å². The second-order valence-electron chi connectivity index (χ2n) is 4.51. The molecule has 0 radical (unpaired) electrons. The molecular weight excluding hydrogens is 335 g/mol. The van der Waals surface area contributed by atoms with Crippen LogP contribution in [0.3, 0.4) is 0 Å². The molecule has 0 unspecified atom stereocenters. The third-order valence-electron chi connectivity index (χ3n) is 3.25. The Balaban J connectivity index is 2.18. The number of nitriles is 1. The standard InChI is InChI=1S/C16H8BrFN2O/c17-15-10(2-1-3-13(15)18)16(21)12-8-20-14-5-4-9(7-19)6-11(12)14/h1-6,8,20H. The van der Waals surface area contributed by atoms with Crippen molar-refractivity contribution in [1.82, 2.24) is 4.98 Å². The summed E-state index contributed by atoms with van der Waals surface area (Å²) in [5, 5.41) is 9.61. The summed E-state index contributed by atoms with van der Waals surface area (Å²) in [6.45, 7) is 0. The number of ketones is 1. The minimum Gasteiger partial charge on any atom is -0.360 e. The monoisotopic (exact) mass is 342 g/mol. The SMILES string of the molecule is N#Cc1ccc2[nH]cc(C(=O)c3cccc(F)c3Br)c2c1. The Morgan fingerprint density at radius 2 is 2.05 bits per heavy atom. The predicted octanol–water partition coefficient (Wildman–Crippen LogP) is 4.17. The van der Waals surface area contributed by atoms with Crippen molar-refractivity contribution < 1.29 is 9.18 Å². The van der Waals surface area contributed by atoms with Crippen LogP contribution < -0.4 is 0 Å². The molecule has 21 heavy (non-hydrogen) atoms. The molecule has 0 saturated carbocycles. The molecule has 0 saturated heterocycles. The number of aromatic amines is 1. The molecular formula is C16H8BrFN2O. The highest BCUT2D eigenvalue weighted by atomic mass is 79.9. The van der Waals surface area contributed by atoms with Gasteiger partial charge in [-0.15, -0.1) is 0 Å². The Morgan fingerprint density at radius 3 is 2.81 bits per heavy atom. The summed E-state index contributed by atoms with van der Waals surface area (Å²) in [4.78, 5) is 15.6.